The Hall–Kier alpha value is -0.0400. The fraction of sp³-hybridized carbons (Fsp3) is 1.00. The number of nitrogens with two attached hydrogens (primary N) is 1. The van der Waals surface area contributed by atoms with Gasteiger partial charge in [0.1, 0.15) is 0 Å². The van der Waals surface area contributed by atoms with Crippen LogP contribution in [-0.4, -0.2) is 5.54 Å². The van der Waals surface area contributed by atoms with Crippen LogP contribution in [0, 0.1) is 11.8 Å². The van der Waals surface area contributed by atoms with Crippen LogP contribution >= 0.6 is 0 Å². The van der Waals surface area contributed by atoms with Gasteiger partial charge in [-0.25, -0.2) is 0 Å². The summed E-state index contributed by atoms with van der Waals surface area (Å²) in [6.07, 6.45) is 2.44. The number of hydrogen-bond donors (Lipinski definition) is 1. The smallest absolute Gasteiger partial charge is 0.0186 e. The van der Waals surface area contributed by atoms with E-state index in [4.69, 9.17) is 5.73 Å². The van der Waals surface area contributed by atoms with Gasteiger partial charge in [-0.3, -0.25) is 0 Å². The molecule has 1 aliphatic carbocycles. The lowest BCUT2D eigenvalue weighted by Crippen LogP contribution is -2.26. The van der Waals surface area contributed by atoms with Crippen molar-refractivity contribution in [2.45, 2.75) is 39.2 Å². The van der Waals surface area contributed by atoms with E-state index in [-0.39, 0.29) is 5.54 Å². The van der Waals surface area contributed by atoms with Gasteiger partial charge in [-0.2, -0.15) is 0 Å². The van der Waals surface area contributed by atoms with Crippen molar-refractivity contribution >= 4 is 0 Å². The Bertz CT molecular complexity index is 109. The summed E-state index contributed by atoms with van der Waals surface area (Å²) in [4.78, 5) is 0. The van der Waals surface area contributed by atoms with Crippen molar-refractivity contribution in [3.63, 3.8) is 0 Å². The van der Waals surface area contributed by atoms with Crippen LogP contribution in [0.1, 0.15) is 33.6 Å². The molecule has 0 heterocycles. The Morgan fingerprint density at radius 1 is 1.67 bits per heavy atom. The highest BCUT2D eigenvalue weighted by atomic mass is 14.8. The highest BCUT2D eigenvalue weighted by Crippen LogP contribution is 2.44. The third-order valence-electron chi connectivity index (χ3n) is 2.30. The van der Waals surface area contributed by atoms with E-state index in [2.05, 4.69) is 20.8 Å². The second kappa shape index (κ2) is 1.98. The second-order valence-electron chi connectivity index (χ2n) is 3.94. The van der Waals surface area contributed by atoms with E-state index in [1.165, 1.54) is 12.8 Å². The van der Waals surface area contributed by atoms with Gasteiger partial charge in [0.15, 0.2) is 0 Å². The molecule has 2 atom stereocenters. The molecule has 0 aliphatic heterocycles. The minimum absolute atomic E-state index is 0.230. The normalized spacial score (nSPS) is 41.7. The molecular weight excluding hydrogens is 110 g/mol. The van der Waals surface area contributed by atoms with Crippen molar-refractivity contribution in [3.8, 4) is 0 Å². The van der Waals surface area contributed by atoms with Crippen LogP contribution in [0.4, 0.5) is 0 Å². The predicted molar refractivity (Wildman–Crippen MR) is 40.2 cm³/mol. The van der Waals surface area contributed by atoms with Crippen molar-refractivity contribution < 1.29 is 0 Å². The molecule has 0 aromatic rings. The topological polar surface area (TPSA) is 26.0 Å². The summed E-state index contributed by atoms with van der Waals surface area (Å²) in [6, 6.07) is 0. The Labute approximate surface area is 57.6 Å². The fourth-order valence-electron chi connectivity index (χ4n) is 1.56. The van der Waals surface area contributed by atoms with E-state index in [1.54, 1.807) is 0 Å². The van der Waals surface area contributed by atoms with Gasteiger partial charge in [0.05, 0.1) is 0 Å². The minimum atomic E-state index is 0.230. The molecule has 1 aliphatic rings. The summed E-state index contributed by atoms with van der Waals surface area (Å²) in [6.45, 7) is 6.71. The number of hydrogen-bond acceptors (Lipinski definition) is 1. The maximum atomic E-state index is 5.99. The Morgan fingerprint density at radius 3 is 2.22 bits per heavy atom. The Morgan fingerprint density at radius 2 is 2.11 bits per heavy atom. The molecule has 1 nitrogen and oxygen atoms in total. The van der Waals surface area contributed by atoms with Gasteiger partial charge < -0.3 is 5.73 Å². The molecule has 0 spiro atoms. The predicted octanol–water partition coefficient (Wildman–Crippen LogP) is 1.77. The average molecular weight is 127 g/mol. The van der Waals surface area contributed by atoms with E-state index in [1.807, 2.05) is 0 Å². The van der Waals surface area contributed by atoms with E-state index in [0.29, 0.717) is 0 Å². The maximum absolute atomic E-state index is 5.99. The second-order valence-corrected chi connectivity index (χ2v) is 3.94. The number of rotatable bonds is 2. The fourth-order valence-corrected chi connectivity index (χ4v) is 1.56. The summed E-state index contributed by atoms with van der Waals surface area (Å²) in [5.41, 5.74) is 6.22. The standard InChI is InChI=1S/C8H17N/c1-6(2)4-8(9)5-7(8)3/h6-7H,4-5,9H2,1-3H3. The first-order chi connectivity index (χ1) is 4.04. The van der Waals surface area contributed by atoms with Gasteiger partial charge in [-0.15, -0.1) is 0 Å². The van der Waals surface area contributed by atoms with Gasteiger partial charge >= 0.3 is 0 Å². The third-order valence-corrected chi connectivity index (χ3v) is 2.30. The molecule has 54 valence electrons. The zero-order valence-corrected chi connectivity index (χ0v) is 6.65. The zero-order chi connectivity index (χ0) is 7.07. The van der Waals surface area contributed by atoms with Gasteiger partial charge in [-0.1, -0.05) is 20.8 Å². The van der Waals surface area contributed by atoms with Crippen LogP contribution in [0.3, 0.4) is 0 Å². The summed E-state index contributed by atoms with van der Waals surface area (Å²) in [5.74, 6) is 1.54. The van der Waals surface area contributed by atoms with Gasteiger partial charge in [0.25, 0.3) is 0 Å². The van der Waals surface area contributed by atoms with E-state index < -0.39 is 0 Å². The van der Waals surface area contributed by atoms with Gasteiger partial charge in [-0.05, 0) is 24.7 Å². The average Bonchev–Trinajstić information content (AvgIpc) is 2.10. The molecule has 0 bridgehead atoms. The molecule has 1 saturated carbocycles. The van der Waals surface area contributed by atoms with Crippen molar-refractivity contribution in [1.29, 1.82) is 0 Å². The molecule has 1 fully saturated rings. The quantitative estimate of drug-likeness (QED) is 0.601. The van der Waals surface area contributed by atoms with Crippen LogP contribution in [0.2, 0.25) is 0 Å². The first kappa shape index (κ1) is 7.07. The molecular formula is C8H17N. The molecule has 1 heteroatoms. The molecule has 0 saturated heterocycles. The van der Waals surface area contributed by atoms with Gasteiger partial charge in [0.2, 0.25) is 0 Å². The zero-order valence-electron chi connectivity index (χ0n) is 6.65. The van der Waals surface area contributed by atoms with Crippen molar-refractivity contribution in [2.75, 3.05) is 0 Å². The highest BCUT2D eigenvalue weighted by Gasteiger charge is 2.47. The molecule has 2 N–H and O–H groups in total. The van der Waals surface area contributed by atoms with Crippen LogP contribution < -0.4 is 5.73 Å². The lowest BCUT2D eigenvalue weighted by molar-refractivity contribution is 0.461. The Balaban J connectivity index is 2.29. The van der Waals surface area contributed by atoms with Crippen LogP contribution in [0.25, 0.3) is 0 Å². The highest BCUT2D eigenvalue weighted by molar-refractivity contribution is 5.05. The first-order valence-electron chi connectivity index (χ1n) is 3.83. The molecule has 0 radical (unpaired) electrons. The summed E-state index contributed by atoms with van der Waals surface area (Å²) < 4.78 is 0. The molecule has 2 unspecified atom stereocenters. The van der Waals surface area contributed by atoms with Gasteiger partial charge in [0, 0.05) is 5.54 Å². The van der Waals surface area contributed by atoms with Crippen molar-refractivity contribution in [2.24, 2.45) is 17.6 Å². The van der Waals surface area contributed by atoms with Crippen molar-refractivity contribution in [3.05, 3.63) is 0 Å². The minimum Gasteiger partial charge on any atom is -0.325 e. The third kappa shape index (κ3) is 1.45. The SMILES string of the molecule is CC(C)CC1(N)CC1C. The van der Waals surface area contributed by atoms with Crippen molar-refractivity contribution in [1.82, 2.24) is 0 Å². The summed E-state index contributed by atoms with van der Waals surface area (Å²) in [7, 11) is 0. The molecule has 1 rings (SSSR count). The van der Waals surface area contributed by atoms with Crippen LogP contribution in [0.5, 0.6) is 0 Å². The van der Waals surface area contributed by atoms with Crippen LogP contribution in [-0.2, 0) is 0 Å². The van der Waals surface area contributed by atoms with E-state index >= 15 is 0 Å². The molecule has 0 amide bonds. The van der Waals surface area contributed by atoms with E-state index in [9.17, 15) is 0 Å². The largest absolute Gasteiger partial charge is 0.325 e. The van der Waals surface area contributed by atoms with E-state index in [0.717, 1.165) is 11.8 Å². The molecule has 0 aromatic heterocycles. The van der Waals surface area contributed by atoms with Crippen LogP contribution in [0.15, 0.2) is 0 Å². The Kier molecular flexibility index (Phi) is 1.55. The monoisotopic (exact) mass is 127 g/mol. The molecule has 9 heavy (non-hydrogen) atoms. The summed E-state index contributed by atoms with van der Waals surface area (Å²) >= 11 is 0. The maximum Gasteiger partial charge on any atom is 0.0186 e. The lowest BCUT2D eigenvalue weighted by Gasteiger charge is -2.11. The first-order valence-corrected chi connectivity index (χ1v) is 3.83. The molecule has 0 aromatic carbocycles. The lowest BCUT2D eigenvalue weighted by atomic mass is 10.0. The summed E-state index contributed by atoms with van der Waals surface area (Å²) in [5, 5.41) is 0.